The molecule has 0 aromatic rings. The lowest BCUT2D eigenvalue weighted by Crippen LogP contribution is -2.50. The Hall–Kier alpha value is -0.570. The van der Waals surface area contributed by atoms with Crippen molar-refractivity contribution in [2.75, 3.05) is 13.1 Å². The molecule has 1 aliphatic heterocycles. The maximum Gasteiger partial charge on any atom is 0.251 e. The molecule has 0 aliphatic carbocycles. The molecule has 3 nitrogen and oxygen atoms in total. The summed E-state index contributed by atoms with van der Waals surface area (Å²) in [6, 6.07) is 0. The number of carbonyl (C=O) groups excluding carboxylic acids is 1. The first-order valence-electron chi connectivity index (χ1n) is 5.45. The van der Waals surface area contributed by atoms with E-state index in [1.54, 1.807) is 0 Å². The highest BCUT2D eigenvalue weighted by atomic mass is 16.5. The van der Waals surface area contributed by atoms with Gasteiger partial charge in [0.15, 0.2) is 0 Å². The molecule has 1 amide bonds. The Balaban J connectivity index is 2.45. The first-order valence-corrected chi connectivity index (χ1v) is 5.45. The summed E-state index contributed by atoms with van der Waals surface area (Å²) in [5.41, 5.74) is 0. The minimum atomic E-state index is -0.258. The van der Waals surface area contributed by atoms with Gasteiger partial charge in [-0.15, -0.1) is 0 Å². The van der Waals surface area contributed by atoms with Gasteiger partial charge in [0, 0.05) is 13.1 Å². The lowest BCUT2D eigenvalue weighted by atomic mass is 10.1. The summed E-state index contributed by atoms with van der Waals surface area (Å²) >= 11 is 0. The Labute approximate surface area is 86.4 Å². The van der Waals surface area contributed by atoms with E-state index in [2.05, 4.69) is 13.8 Å². The average Bonchev–Trinajstić information content (AvgIpc) is 2.08. The van der Waals surface area contributed by atoms with E-state index >= 15 is 0 Å². The van der Waals surface area contributed by atoms with Crippen LogP contribution >= 0.6 is 0 Å². The Kier molecular flexibility index (Phi) is 3.93. The average molecular weight is 199 g/mol. The fourth-order valence-corrected chi connectivity index (χ4v) is 1.72. The van der Waals surface area contributed by atoms with Crippen molar-refractivity contribution < 1.29 is 9.53 Å². The van der Waals surface area contributed by atoms with Gasteiger partial charge >= 0.3 is 0 Å². The van der Waals surface area contributed by atoms with Gasteiger partial charge in [-0.3, -0.25) is 4.79 Å². The Bertz CT molecular complexity index is 203. The number of hydrogen-bond donors (Lipinski definition) is 0. The fourth-order valence-electron chi connectivity index (χ4n) is 1.72. The van der Waals surface area contributed by atoms with Crippen LogP contribution < -0.4 is 0 Å². The summed E-state index contributed by atoms with van der Waals surface area (Å²) in [7, 11) is 0. The van der Waals surface area contributed by atoms with Gasteiger partial charge in [0.1, 0.15) is 6.10 Å². The molecule has 3 heteroatoms. The van der Waals surface area contributed by atoms with Crippen molar-refractivity contribution in [2.45, 2.75) is 46.3 Å². The van der Waals surface area contributed by atoms with Crippen LogP contribution in [-0.4, -0.2) is 36.1 Å². The molecule has 1 saturated heterocycles. The summed E-state index contributed by atoms with van der Waals surface area (Å²) in [6.07, 6.45) is 0.992. The lowest BCUT2D eigenvalue weighted by Gasteiger charge is -2.35. The van der Waals surface area contributed by atoms with E-state index in [0.717, 1.165) is 19.5 Å². The van der Waals surface area contributed by atoms with Gasteiger partial charge in [0.25, 0.3) is 5.91 Å². The molecule has 1 aliphatic rings. The van der Waals surface area contributed by atoms with Gasteiger partial charge in [0.05, 0.1) is 6.10 Å². The normalized spacial score (nSPS) is 28.6. The topological polar surface area (TPSA) is 29.5 Å². The maximum atomic E-state index is 11.7. The van der Waals surface area contributed by atoms with Crippen LogP contribution in [0.3, 0.4) is 0 Å². The molecule has 0 aromatic carbocycles. The number of ether oxygens (including phenoxy) is 1. The molecule has 14 heavy (non-hydrogen) atoms. The smallest absolute Gasteiger partial charge is 0.251 e. The van der Waals surface area contributed by atoms with Crippen LogP contribution in [-0.2, 0) is 9.53 Å². The second kappa shape index (κ2) is 4.78. The van der Waals surface area contributed by atoms with Crippen LogP contribution in [0, 0.1) is 5.92 Å². The maximum absolute atomic E-state index is 11.7. The summed E-state index contributed by atoms with van der Waals surface area (Å²) in [4.78, 5) is 13.6. The number of amides is 1. The van der Waals surface area contributed by atoms with Crippen molar-refractivity contribution >= 4 is 5.91 Å². The molecule has 2 atom stereocenters. The number of rotatable bonds is 3. The third-order valence-electron chi connectivity index (χ3n) is 2.55. The number of carbonyl (C=O) groups is 1. The number of morpholine rings is 1. The van der Waals surface area contributed by atoms with Gasteiger partial charge in [-0.2, -0.15) is 0 Å². The van der Waals surface area contributed by atoms with E-state index in [1.165, 1.54) is 0 Å². The predicted molar refractivity (Wildman–Crippen MR) is 56.0 cm³/mol. The van der Waals surface area contributed by atoms with Gasteiger partial charge in [-0.25, -0.2) is 0 Å². The molecule has 0 aromatic heterocycles. The Morgan fingerprint density at radius 2 is 2.14 bits per heavy atom. The zero-order valence-electron chi connectivity index (χ0n) is 9.62. The summed E-state index contributed by atoms with van der Waals surface area (Å²) in [5.74, 6) is 0.792. The monoisotopic (exact) mass is 199 g/mol. The number of nitrogens with zero attached hydrogens (tertiary/aromatic N) is 1. The molecule has 0 saturated carbocycles. The van der Waals surface area contributed by atoms with E-state index in [1.807, 2.05) is 18.7 Å². The van der Waals surface area contributed by atoms with Gasteiger partial charge in [-0.1, -0.05) is 13.8 Å². The van der Waals surface area contributed by atoms with Crippen molar-refractivity contribution in [2.24, 2.45) is 5.92 Å². The van der Waals surface area contributed by atoms with E-state index in [9.17, 15) is 4.79 Å². The zero-order chi connectivity index (χ0) is 10.7. The molecule has 0 bridgehead atoms. The zero-order valence-corrected chi connectivity index (χ0v) is 9.62. The minimum absolute atomic E-state index is 0.142. The molecule has 82 valence electrons. The van der Waals surface area contributed by atoms with Crippen LogP contribution in [0.15, 0.2) is 0 Å². The van der Waals surface area contributed by atoms with Crippen LogP contribution in [0.25, 0.3) is 0 Å². The standard InChI is InChI=1S/C11H21NO2/c1-8(2)5-6-12-7-9(3)14-10(4)11(12)13/h8-10H,5-7H2,1-4H3/t9-,10+/m1/s1. The highest BCUT2D eigenvalue weighted by molar-refractivity contribution is 5.81. The quantitative estimate of drug-likeness (QED) is 0.692. The molecule has 0 spiro atoms. The highest BCUT2D eigenvalue weighted by Crippen LogP contribution is 2.13. The molecule has 1 fully saturated rings. The first kappa shape index (κ1) is 11.5. The predicted octanol–water partition coefficient (Wildman–Crippen LogP) is 1.67. The van der Waals surface area contributed by atoms with E-state index in [4.69, 9.17) is 4.74 Å². The van der Waals surface area contributed by atoms with E-state index < -0.39 is 0 Å². The van der Waals surface area contributed by atoms with Crippen molar-refractivity contribution in [3.8, 4) is 0 Å². The molecule has 1 rings (SSSR count). The summed E-state index contributed by atoms with van der Waals surface area (Å²) in [6.45, 7) is 9.83. The Morgan fingerprint density at radius 3 is 2.71 bits per heavy atom. The molecule has 1 heterocycles. The van der Waals surface area contributed by atoms with E-state index in [-0.39, 0.29) is 18.1 Å². The van der Waals surface area contributed by atoms with Crippen molar-refractivity contribution in [3.05, 3.63) is 0 Å². The summed E-state index contributed by atoms with van der Waals surface area (Å²) < 4.78 is 5.44. The van der Waals surface area contributed by atoms with Crippen LogP contribution in [0.1, 0.15) is 34.1 Å². The van der Waals surface area contributed by atoms with Crippen LogP contribution in [0.5, 0.6) is 0 Å². The highest BCUT2D eigenvalue weighted by Gasteiger charge is 2.29. The second-order valence-corrected chi connectivity index (χ2v) is 4.56. The molecular weight excluding hydrogens is 178 g/mol. The van der Waals surface area contributed by atoms with Gasteiger partial charge in [0.2, 0.25) is 0 Å². The van der Waals surface area contributed by atoms with Crippen LogP contribution in [0.4, 0.5) is 0 Å². The fraction of sp³-hybridized carbons (Fsp3) is 0.909. The van der Waals surface area contributed by atoms with Crippen molar-refractivity contribution in [3.63, 3.8) is 0 Å². The first-order chi connectivity index (χ1) is 6.50. The molecular formula is C11H21NO2. The minimum Gasteiger partial charge on any atom is -0.364 e. The number of hydrogen-bond acceptors (Lipinski definition) is 2. The SMILES string of the molecule is CC(C)CCN1C[C@@H](C)O[C@@H](C)C1=O. The molecule has 0 N–H and O–H groups in total. The van der Waals surface area contributed by atoms with Gasteiger partial charge in [-0.05, 0) is 26.2 Å². The van der Waals surface area contributed by atoms with Crippen LogP contribution in [0.2, 0.25) is 0 Å². The third kappa shape index (κ3) is 2.98. The largest absolute Gasteiger partial charge is 0.364 e. The Morgan fingerprint density at radius 1 is 1.50 bits per heavy atom. The second-order valence-electron chi connectivity index (χ2n) is 4.56. The summed E-state index contributed by atoms with van der Waals surface area (Å²) in [5, 5.41) is 0. The third-order valence-corrected chi connectivity index (χ3v) is 2.55. The van der Waals surface area contributed by atoms with E-state index in [0.29, 0.717) is 5.92 Å². The molecule has 0 radical (unpaired) electrons. The van der Waals surface area contributed by atoms with Crippen molar-refractivity contribution in [1.82, 2.24) is 4.90 Å². The molecule has 0 unspecified atom stereocenters. The van der Waals surface area contributed by atoms with Gasteiger partial charge < -0.3 is 9.64 Å². The van der Waals surface area contributed by atoms with Crippen molar-refractivity contribution in [1.29, 1.82) is 0 Å². The lowest BCUT2D eigenvalue weighted by molar-refractivity contribution is -0.158.